The fraction of sp³-hybridized carbons (Fsp3) is 0.240. The molecule has 3 aromatic carbocycles. The number of benzene rings is 3. The lowest BCUT2D eigenvalue weighted by Gasteiger charge is -2.36. The minimum absolute atomic E-state index is 0.0537. The number of aliphatic hydroxyl groups is 1. The van der Waals surface area contributed by atoms with Crippen molar-refractivity contribution in [3.63, 3.8) is 0 Å². The number of methoxy groups -OCH3 is 2. The second kappa shape index (κ2) is 8.59. The normalized spacial score (nSPS) is 15.6. The lowest BCUT2D eigenvalue weighted by Crippen LogP contribution is -2.41. The van der Waals surface area contributed by atoms with Crippen molar-refractivity contribution >= 4 is 5.91 Å². The van der Waals surface area contributed by atoms with Crippen LogP contribution < -0.4 is 9.47 Å². The summed E-state index contributed by atoms with van der Waals surface area (Å²) >= 11 is 0. The number of hydrogen-bond donors (Lipinski definition) is 1. The molecule has 0 saturated carbocycles. The quantitative estimate of drug-likeness (QED) is 0.702. The number of ether oxygens (including phenoxy) is 2. The van der Waals surface area contributed by atoms with Crippen molar-refractivity contribution in [3.05, 3.63) is 95.1 Å². The van der Waals surface area contributed by atoms with Crippen LogP contribution in [0.15, 0.2) is 72.8 Å². The van der Waals surface area contributed by atoms with Crippen LogP contribution in [-0.2, 0) is 11.3 Å². The highest BCUT2D eigenvalue weighted by Gasteiger charge is 2.35. The van der Waals surface area contributed by atoms with E-state index in [1.54, 1.807) is 25.2 Å². The molecule has 5 heteroatoms. The summed E-state index contributed by atoms with van der Waals surface area (Å²) in [5.74, 6) is 0.742. The first-order chi connectivity index (χ1) is 14.6. The summed E-state index contributed by atoms with van der Waals surface area (Å²) in [6.07, 6.45) is -0.852. The lowest BCUT2D eigenvalue weighted by molar-refractivity contribution is -0.134. The number of aliphatic hydroxyl groups excluding tert-OH is 1. The summed E-state index contributed by atoms with van der Waals surface area (Å²) in [5.41, 5.74) is 3.32. The molecule has 0 bridgehead atoms. The highest BCUT2D eigenvalue weighted by Crippen LogP contribution is 2.40. The number of carbonyl (C=O) groups excluding carboxylic acids is 1. The molecule has 1 N–H and O–H groups in total. The van der Waals surface area contributed by atoms with E-state index in [0.29, 0.717) is 23.6 Å². The van der Waals surface area contributed by atoms with Crippen LogP contribution in [0.5, 0.6) is 11.5 Å². The molecule has 0 fully saturated rings. The van der Waals surface area contributed by atoms with Crippen LogP contribution in [0.3, 0.4) is 0 Å². The molecular weight excluding hydrogens is 378 g/mol. The van der Waals surface area contributed by atoms with Crippen LogP contribution in [-0.4, -0.2) is 36.7 Å². The first kappa shape index (κ1) is 20.0. The van der Waals surface area contributed by atoms with Crippen molar-refractivity contribution < 1.29 is 19.4 Å². The van der Waals surface area contributed by atoms with Gasteiger partial charge in [-0.2, -0.15) is 0 Å². The van der Waals surface area contributed by atoms with Gasteiger partial charge in [-0.3, -0.25) is 4.79 Å². The molecule has 1 atom stereocenters. The second-order valence-corrected chi connectivity index (χ2v) is 7.35. The molecule has 1 aliphatic heterocycles. The Hall–Kier alpha value is -3.31. The van der Waals surface area contributed by atoms with Gasteiger partial charge in [0.15, 0.2) is 0 Å². The fourth-order valence-electron chi connectivity index (χ4n) is 4.20. The van der Waals surface area contributed by atoms with E-state index in [2.05, 4.69) is 0 Å². The van der Waals surface area contributed by atoms with Gasteiger partial charge in [0.25, 0.3) is 0 Å². The fourth-order valence-corrected chi connectivity index (χ4v) is 4.20. The van der Waals surface area contributed by atoms with E-state index in [0.717, 1.165) is 16.7 Å². The second-order valence-electron chi connectivity index (χ2n) is 7.35. The number of hydrogen-bond acceptors (Lipinski definition) is 4. The minimum Gasteiger partial charge on any atom is -0.496 e. The molecule has 4 rings (SSSR count). The average Bonchev–Trinajstić information content (AvgIpc) is 2.79. The van der Waals surface area contributed by atoms with E-state index in [-0.39, 0.29) is 12.5 Å². The molecule has 0 saturated heterocycles. The predicted molar refractivity (Wildman–Crippen MR) is 115 cm³/mol. The molecule has 1 amide bonds. The molecule has 5 nitrogen and oxygen atoms in total. The van der Waals surface area contributed by atoms with E-state index in [4.69, 9.17) is 9.47 Å². The first-order valence-electron chi connectivity index (χ1n) is 9.94. The number of nitrogens with zero attached hydrogens (tertiary/aromatic N) is 1. The maximum atomic E-state index is 13.8. The zero-order valence-electron chi connectivity index (χ0n) is 17.1. The highest BCUT2D eigenvalue weighted by atomic mass is 16.5. The maximum absolute atomic E-state index is 13.8. The molecule has 154 valence electrons. The van der Waals surface area contributed by atoms with Crippen LogP contribution in [0, 0.1) is 0 Å². The smallest absolute Gasteiger partial charge is 0.234 e. The Kier molecular flexibility index (Phi) is 5.72. The molecule has 0 aliphatic carbocycles. The van der Waals surface area contributed by atoms with Gasteiger partial charge < -0.3 is 19.5 Å². The largest absolute Gasteiger partial charge is 0.496 e. The van der Waals surface area contributed by atoms with Gasteiger partial charge in [0.05, 0.1) is 26.7 Å². The van der Waals surface area contributed by atoms with Crippen molar-refractivity contribution in [1.82, 2.24) is 4.90 Å². The highest BCUT2D eigenvalue weighted by molar-refractivity contribution is 5.87. The van der Waals surface area contributed by atoms with Gasteiger partial charge in [0.2, 0.25) is 5.91 Å². The van der Waals surface area contributed by atoms with Gasteiger partial charge in [-0.1, -0.05) is 60.7 Å². The van der Waals surface area contributed by atoms with Gasteiger partial charge in [0, 0.05) is 17.7 Å². The van der Waals surface area contributed by atoms with E-state index in [1.807, 2.05) is 66.7 Å². The summed E-state index contributed by atoms with van der Waals surface area (Å²) in [5, 5.41) is 10.9. The third kappa shape index (κ3) is 3.64. The Morgan fingerprint density at radius 1 is 0.900 bits per heavy atom. The Bertz CT molecular complexity index is 981. The van der Waals surface area contributed by atoms with Gasteiger partial charge in [-0.05, 0) is 23.3 Å². The molecule has 0 unspecified atom stereocenters. The Labute approximate surface area is 176 Å². The number of carbonyl (C=O) groups is 1. The topological polar surface area (TPSA) is 59.0 Å². The molecule has 3 aromatic rings. The van der Waals surface area contributed by atoms with E-state index >= 15 is 0 Å². The van der Waals surface area contributed by atoms with Crippen molar-refractivity contribution in [1.29, 1.82) is 0 Å². The third-order valence-electron chi connectivity index (χ3n) is 5.61. The van der Waals surface area contributed by atoms with Crippen molar-refractivity contribution in [3.8, 4) is 11.5 Å². The van der Waals surface area contributed by atoms with Gasteiger partial charge >= 0.3 is 0 Å². The Balaban J connectivity index is 1.74. The molecular formula is C25H25NO4. The van der Waals surface area contributed by atoms with Gasteiger partial charge in [-0.15, -0.1) is 0 Å². The number of fused-ring (bicyclic) bond motifs is 1. The van der Waals surface area contributed by atoms with Crippen LogP contribution in [0.4, 0.5) is 0 Å². The minimum atomic E-state index is -0.852. The third-order valence-corrected chi connectivity index (χ3v) is 5.61. The maximum Gasteiger partial charge on any atom is 0.234 e. The zero-order chi connectivity index (χ0) is 21.1. The van der Waals surface area contributed by atoms with Crippen molar-refractivity contribution in [2.45, 2.75) is 18.6 Å². The molecule has 0 aromatic heterocycles. The first-order valence-corrected chi connectivity index (χ1v) is 9.94. The summed E-state index contributed by atoms with van der Waals surface area (Å²) in [6.45, 7) is 0.549. The molecule has 1 aliphatic rings. The standard InChI is InChI=1S/C25H25NO4/c1-29-21-13-14-22(30-2)24-19(21)15-26(16-20(24)27)25(28)23(17-9-5-3-6-10-17)18-11-7-4-8-12-18/h3-14,20,23,27H,15-16H2,1-2H3/t20-/m0/s1. The van der Waals surface area contributed by atoms with E-state index in [1.165, 1.54) is 0 Å². The number of β-amino-alcohol motifs (C(OH)–C–C–N with tert-alkyl or cyclic N) is 1. The van der Waals surface area contributed by atoms with Crippen LogP contribution in [0.25, 0.3) is 0 Å². The van der Waals surface area contributed by atoms with E-state index < -0.39 is 12.0 Å². The van der Waals surface area contributed by atoms with Crippen LogP contribution in [0.1, 0.15) is 34.3 Å². The molecule has 0 spiro atoms. The number of amides is 1. The summed E-state index contributed by atoms with van der Waals surface area (Å²) in [6, 6.07) is 23.1. The molecule has 1 heterocycles. The molecule has 0 radical (unpaired) electrons. The van der Waals surface area contributed by atoms with Crippen LogP contribution >= 0.6 is 0 Å². The molecule has 30 heavy (non-hydrogen) atoms. The average molecular weight is 403 g/mol. The Morgan fingerprint density at radius 2 is 1.43 bits per heavy atom. The van der Waals surface area contributed by atoms with Gasteiger partial charge in [-0.25, -0.2) is 0 Å². The van der Waals surface area contributed by atoms with Crippen LogP contribution in [0.2, 0.25) is 0 Å². The zero-order valence-corrected chi connectivity index (χ0v) is 17.1. The lowest BCUT2D eigenvalue weighted by atomic mass is 9.88. The van der Waals surface area contributed by atoms with E-state index in [9.17, 15) is 9.90 Å². The van der Waals surface area contributed by atoms with Crippen molar-refractivity contribution in [2.24, 2.45) is 0 Å². The van der Waals surface area contributed by atoms with Crippen molar-refractivity contribution in [2.75, 3.05) is 20.8 Å². The summed E-state index contributed by atoms with van der Waals surface area (Å²) in [4.78, 5) is 15.5. The summed E-state index contributed by atoms with van der Waals surface area (Å²) in [7, 11) is 3.17. The monoisotopic (exact) mass is 403 g/mol. The van der Waals surface area contributed by atoms with Gasteiger partial charge in [0.1, 0.15) is 17.6 Å². The predicted octanol–water partition coefficient (Wildman–Crippen LogP) is 3.91. The Morgan fingerprint density at radius 3 is 1.97 bits per heavy atom. The number of rotatable bonds is 5. The SMILES string of the molecule is COc1ccc(OC)c2c1CN(C(=O)C(c1ccccc1)c1ccccc1)C[C@@H]2O. The summed E-state index contributed by atoms with van der Waals surface area (Å²) < 4.78 is 11.0.